The summed E-state index contributed by atoms with van der Waals surface area (Å²) in [6.45, 7) is 5.72. The van der Waals surface area contributed by atoms with Crippen LogP contribution in [0.25, 0.3) is 0 Å². The Morgan fingerprint density at radius 2 is 1.91 bits per heavy atom. The Kier molecular flexibility index (Phi) is 11.6. The zero-order valence-corrected chi connectivity index (χ0v) is 22.3. The quantitative estimate of drug-likeness (QED) is 0.257. The number of rotatable bonds is 10. The predicted molar refractivity (Wildman–Crippen MR) is 142 cm³/mol. The minimum atomic E-state index is 0. The summed E-state index contributed by atoms with van der Waals surface area (Å²) in [7, 11) is 5.12. The topological polar surface area (TPSA) is 73.3 Å². The lowest BCUT2D eigenvalue weighted by molar-refractivity contribution is 0.166. The van der Waals surface area contributed by atoms with Gasteiger partial charge in [-0.15, -0.1) is 24.0 Å². The fourth-order valence-electron chi connectivity index (χ4n) is 3.66. The van der Waals surface area contributed by atoms with E-state index in [0.29, 0.717) is 25.6 Å². The van der Waals surface area contributed by atoms with Crippen molar-refractivity contribution in [1.82, 2.24) is 10.6 Å². The summed E-state index contributed by atoms with van der Waals surface area (Å²) in [6, 6.07) is 12.1. The number of methoxy groups -OCH3 is 2. The second-order valence-corrected chi connectivity index (χ2v) is 7.93. The number of hydrogen-bond donors (Lipinski definition) is 2. The number of benzene rings is 2. The Labute approximate surface area is 214 Å². The predicted octanol–water partition coefficient (Wildman–Crippen LogP) is 3.95. The monoisotopic (exact) mass is 569 g/mol. The lowest BCUT2D eigenvalue weighted by atomic mass is 10.1. The average molecular weight is 569 g/mol. The number of ether oxygens (including phenoxy) is 4. The lowest BCUT2D eigenvalue weighted by Gasteiger charge is -2.17. The van der Waals surface area contributed by atoms with Crippen LogP contribution in [0.15, 0.2) is 41.4 Å². The van der Waals surface area contributed by atoms with Gasteiger partial charge in [-0.1, -0.05) is 12.1 Å². The Morgan fingerprint density at radius 3 is 2.61 bits per heavy atom. The van der Waals surface area contributed by atoms with Gasteiger partial charge in [0.05, 0.1) is 27.4 Å². The van der Waals surface area contributed by atoms with Crippen molar-refractivity contribution in [2.45, 2.75) is 26.3 Å². The van der Waals surface area contributed by atoms with E-state index in [0.717, 1.165) is 60.4 Å². The first-order chi connectivity index (χ1) is 15.6. The smallest absolute Gasteiger partial charge is 0.191 e. The van der Waals surface area contributed by atoms with Crippen molar-refractivity contribution in [2.24, 2.45) is 10.9 Å². The second kappa shape index (κ2) is 14.1. The molecule has 0 aliphatic carbocycles. The third kappa shape index (κ3) is 8.26. The van der Waals surface area contributed by atoms with Crippen LogP contribution in [0.2, 0.25) is 0 Å². The van der Waals surface area contributed by atoms with Gasteiger partial charge in [-0.2, -0.15) is 0 Å². The highest BCUT2D eigenvalue weighted by molar-refractivity contribution is 14.0. The Bertz CT molecular complexity index is 901. The molecule has 33 heavy (non-hydrogen) atoms. The maximum absolute atomic E-state index is 6.15. The average Bonchev–Trinajstić information content (AvgIpc) is 3.34. The normalized spacial score (nSPS) is 15.5. The maximum atomic E-state index is 6.15. The molecule has 0 spiro atoms. The summed E-state index contributed by atoms with van der Waals surface area (Å²) >= 11 is 0. The van der Waals surface area contributed by atoms with E-state index in [9.17, 15) is 0 Å². The van der Waals surface area contributed by atoms with E-state index in [2.05, 4.69) is 40.7 Å². The summed E-state index contributed by atoms with van der Waals surface area (Å²) in [5.74, 6) is 3.80. The van der Waals surface area contributed by atoms with Gasteiger partial charge in [0.2, 0.25) is 0 Å². The number of halogens is 1. The summed E-state index contributed by atoms with van der Waals surface area (Å²) < 4.78 is 22.4. The van der Waals surface area contributed by atoms with E-state index >= 15 is 0 Å². The minimum Gasteiger partial charge on any atom is -0.497 e. The molecule has 0 radical (unpaired) electrons. The van der Waals surface area contributed by atoms with Crippen LogP contribution in [0.1, 0.15) is 23.1 Å². The standard InChI is InChI=1S/C25H35N3O4.HI/c1-18-5-6-21(24(13-18)32-17-19-10-12-31-16-19)15-28-25(26-2)27-11-9-20-14-22(29-3)7-8-23(20)30-4;/h5-8,13-14,19H,9-12,15-17H2,1-4H3,(H2,26,27,28);1H. The van der Waals surface area contributed by atoms with Crippen LogP contribution in [0, 0.1) is 12.8 Å². The zero-order valence-electron chi connectivity index (χ0n) is 20.0. The van der Waals surface area contributed by atoms with Gasteiger partial charge in [0.15, 0.2) is 5.96 Å². The first-order valence-corrected chi connectivity index (χ1v) is 11.1. The van der Waals surface area contributed by atoms with Crippen LogP contribution < -0.4 is 24.8 Å². The van der Waals surface area contributed by atoms with Crippen LogP contribution in [0.5, 0.6) is 17.2 Å². The molecule has 0 aromatic heterocycles. The van der Waals surface area contributed by atoms with Crippen molar-refractivity contribution in [3.05, 3.63) is 53.1 Å². The highest BCUT2D eigenvalue weighted by Gasteiger charge is 2.17. The largest absolute Gasteiger partial charge is 0.497 e. The first-order valence-electron chi connectivity index (χ1n) is 11.1. The van der Waals surface area contributed by atoms with Gasteiger partial charge in [0.1, 0.15) is 17.2 Å². The molecule has 0 amide bonds. The van der Waals surface area contributed by atoms with Gasteiger partial charge in [-0.05, 0) is 55.2 Å². The van der Waals surface area contributed by atoms with Gasteiger partial charge in [-0.25, -0.2) is 0 Å². The molecule has 1 unspecified atom stereocenters. The third-order valence-electron chi connectivity index (χ3n) is 5.57. The summed E-state index contributed by atoms with van der Waals surface area (Å²) in [6.07, 6.45) is 1.84. The van der Waals surface area contributed by atoms with E-state index in [4.69, 9.17) is 18.9 Å². The lowest BCUT2D eigenvalue weighted by Crippen LogP contribution is -2.38. The third-order valence-corrected chi connectivity index (χ3v) is 5.57. The molecular weight excluding hydrogens is 533 g/mol. The molecule has 182 valence electrons. The van der Waals surface area contributed by atoms with Crippen LogP contribution in [-0.4, -0.2) is 53.6 Å². The Hall–Kier alpha value is -2.20. The van der Waals surface area contributed by atoms with Crippen LogP contribution in [-0.2, 0) is 17.7 Å². The molecule has 1 fully saturated rings. The van der Waals surface area contributed by atoms with Gasteiger partial charge < -0.3 is 29.6 Å². The van der Waals surface area contributed by atoms with Crippen molar-refractivity contribution in [3.8, 4) is 17.2 Å². The fourth-order valence-corrected chi connectivity index (χ4v) is 3.66. The van der Waals surface area contributed by atoms with Crippen molar-refractivity contribution in [1.29, 1.82) is 0 Å². The van der Waals surface area contributed by atoms with E-state index in [1.807, 2.05) is 18.2 Å². The number of nitrogens with zero attached hydrogens (tertiary/aromatic N) is 1. The number of hydrogen-bond acceptors (Lipinski definition) is 5. The Balaban J connectivity index is 0.00000385. The van der Waals surface area contributed by atoms with Gasteiger partial charge in [0.25, 0.3) is 0 Å². The van der Waals surface area contributed by atoms with Crippen molar-refractivity contribution in [3.63, 3.8) is 0 Å². The number of aryl methyl sites for hydroxylation is 1. The van der Waals surface area contributed by atoms with Crippen molar-refractivity contribution in [2.75, 3.05) is 47.6 Å². The molecule has 1 aliphatic rings. The summed E-state index contributed by atoms with van der Waals surface area (Å²) in [5.41, 5.74) is 3.37. The number of nitrogens with one attached hydrogen (secondary N) is 2. The molecule has 1 heterocycles. The van der Waals surface area contributed by atoms with Crippen LogP contribution in [0.3, 0.4) is 0 Å². The molecule has 0 bridgehead atoms. The molecule has 0 saturated carbocycles. The SMILES string of the molecule is CN=C(NCCc1cc(OC)ccc1OC)NCc1ccc(C)cc1OCC1CCOC1.I. The molecule has 7 nitrogen and oxygen atoms in total. The Morgan fingerprint density at radius 1 is 1.06 bits per heavy atom. The number of guanidine groups is 1. The van der Waals surface area contributed by atoms with Crippen LogP contribution >= 0.6 is 24.0 Å². The molecule has 2 aromatic carbocycles. The highest BCUT2D eigenvalue weighted by Crippen LogP contribution is 2.24. The molecular formula is C25H36IN3O4. The van der Waals surface area contributed by atoms with E-state index in [1.165, 1.54) is 5.56 Å². The van der Waals surface area contributed by atoms with E-state index in [-0.39, 0.29) is 24.0 Å². The molecule has 3 rings (SSSR count). The van der Waals surface area contributed by atoms with Crippen molar-refractivity contribution >= 4 is 29.9 Å². The zero-order chi connectivity index (χ0) is 22.8. The second-order valence-electron chi connectivity index (χ2n) is 7.93. The molecule has 1 saturated heterocycles. The molecule has 8 heteroatoms. The molecule has 1 aliphatic heterocycles. The van der Waals surface area contributed by atoms with E-state index in [1.54, 1.807) is 21.3 Å². The summed E-state index contributed by atoms with van der Waals surface area (Å²) in [4.78, 5) is 4.35. The minimum absolute atomic E-state index is 0. The number of aliphatic imine (C=N–C) groups is 1. The summed E-state index contributed by atoms with van der Waals surface area (Å²) in [5, 5.41) is 6.76. The van der Waals surface area contributed by atoms with E-state index < -0.39 is 0 Å². The van der Waals surface area contributed by atoms with Gasteiger partial charge in [0, 0.05) is 38.2 Å². The first kappa shape index (κ1) is 27.0. The van der Waals surface area contributed by atoms with Crippen molar-refractivity contribution < 1.29 is 18.9 Å². The van der Waals surface area contributed by atoms with Crippen LogP contribution in [0.4, 0.5) is 0 Å². The maximum Gasteiger partial charge on any atom is 0.191 e. The van der Waals surface area contributed by atoms with Gasteiger partial charge >= 0.3 is 0 Å². The molecule has 1 atom stereocenters. The molecule has 2 aromatic rings. The highest BCUT2D eigenvalue weighted by atomic mass is 127. The fraction of sp³-hybridized carbons (Fsp3) is 0.480. The van der Waals surface area contributed by atoms with Gasteiger partial charge in [-0.3, -0.25) is 4.99 Å². The molecule has 2 N–H and O–H groups in total.